The number of carbonyl (C=O) groups is 3. The van der Waals surface area contributed by atoms with Crippen molar-refractivity contribution in [3.8, 4) is 0 Å². The lowest BCUT2D eigenvalue weighted by Crippen LogP contribution is -2.06. The van der Waals surface area contributed by atoms with E-state index in [4.69, 9.17) is 20.4 Å². The second kappa shape index (κ2) is 45.6. The zero-order valence-electron chi connectivity index (χ0n) is 21.0. The monoisotopic (exact) mass is 511 g/mol. The van der Waals surface area contributed by atoms with E-state index in [-0.39, 0.29) is 35.1 Å². The highest BCUT2D eigenvalue weighted by Crippen LogP contribution is 2.22. The van der Waals surface area contributed by atoms with Crippen LogP contribution in [0.25, 0.3) is 0 Å². The molecule has 0 aromatic heterocycles. The van der Waals surface area contributed by atoms with E-state index in [0.29, 0.717) is 5.92 Å². The summed E-state index contributed by atoms with van der Waals surface area (Å²) in [4.78, 5) is 32.1. The van der Waals surface area contributed by atoms with Gasteiger partial charge in [0, 0.05) is 40.3 Å². The van der Waals surface area contributed by atoms with Gasteiger partial charge in [-0.2, -0.15) is 0 Å². The zero-order valence-corrected chi connectivity index (χ0v) is 21.0. The fourth-order valence-corrected chi connectivity index (χ4v) is 2.77. The third kappa shape index (κ3) is 54.5. The first-order valence-electron chi connectivity index (χ1n) is 11.5. The Bertz CT molecular complexity index is 430. The summed E-state index contributed by atoms with van der Waals surface area (Å²) in [5.41, 5.74) is 0. The Labute approximate surface area is 217 Å². The first-order chi connectivity index (χ1) is 15.4. The Morgan fingerprint density at radius 2 is 1.23 bits per heavy atom. The highest BCUT2D eigenvalue weighted by atomic mass is 16.4. The van der Waals surface area contributed by atoms with Crippen molar-refractivity contribution in [2.24, 2.45) is 5.92 Å². The Hall–Kier alpha value is -1.93. The van der Waals surface area contributed by atoms with Gasteiger partial charge in [0.1, 0.15) is 0 Å². The van der Waals surface area contributed by atoms with Gasteiger partial charge in [-0.25, -0.2) is 0 Å². The molecule has 0 aromatic carbocycles. The molecule has 0 saturated carbocycles. The van der Waals surface area contributed by atoms with E-state index in [1.54, 1.807) is 20.2 Å². The standard InChI is InChI=1S/C19H35NO3.C3H6O2.2CH4O.3CH4/c1-3-4-5-6-7-9-12-18(14-15-19(22)23)13-10-8-11-16-20(2)17-21;1-2-3(4)5;2*1-2;;;/h11,16-18H,3-10,12-15H2,1-2H3,(H,22,23);2H2,1H3,(H,4,5);2*2H,1H3;3*1H4. The van der Waals surface area contributed by atoms with Crippen molar-refractivity contribution < 1.29 is 34.8 Å². The maximum Gasteiger partial charge on any atom is 0.303 e. The summed E-state index contributed by atoms with van der Waals surface area (Å²) in [7, 11) is 3.72. The van der Waals surface area contributed by atoms with E-state index in [9.17, 15) is 14.4 Å². The number of hydrogen-bond acceptors (Lipinski definition) is 5. The van der Waals surface area contributed by atoms with Crippen molar-refractivity contribution in [3.05, 3.63) is 12.3 Å². The Kier molecular flexibility index (Phi) is 65.1. The molecule has 0 spiro atoms. The summed E-state index contributed by atoms with van der Waals surface area (Å²) >= 11 is 0. The molecule has 0 aliphatic rings. The van der Waals surface area contributed by atoms with Gasteiger partial charge in [0.05, 0.1) is 0 Å². The molecule has 216 valence electrons. The molecule has 1 unspecified atom stereocenters. The number of aliphatic hydroxyl groups is 2. The van der Waals surface area contributed by atoms with Crippen molar-refractivity contribution >= 4 is 18.3 Å². The minimum absolute atomic E-state index is 0. The Morgan fingerprint density at radius 3 is 1.66 bits per heavy atom. The minimum Gasteiger partial charge on any atom is -0.481 e. The second-order valence-corrected chi connectivity index (χ2v) is 7.19. The number of aliphatic hydroxyl groups excluding tert-OH is 2. The van der Waals surface area contributed by atoms with Gasteiger partial charge < -0.3 is 25.3 Å². The van der Waals surface area contributed by atoms with Crippen LogP contribution < -0.4 is 0 Å². The highest BCUT2D eigenvalue weighted by Gasteiger charge is 2.10. The van der Waals surface area contributed by atoms with Crippen LogP contribution in [0.5, 0.6) is 0 Å². The van der Waals surface area contributed by atoms with E-state index < -0.39 is 11.9 Å². The van der Waals surface area contributed by atoms with Crippen molar-refractivity contribution in [1.82, 2.24) is 4.90 Å². The van der Waals surface area contributed by atoms with E-state index in [1.807, 2.05) is 6.08 Å². The average Bonchev–Trinajstić information content (AvgIpc) is 2.81. The first kappa shape index (κ1) is 50.0. The predicted molar refractivity (Wildman–Crippen MR) is 150 cm³/mol. The van der Waals surface area contributed by atoms with E-state index >= 15 is 0 Å². The molecule has 8 nitrogen and oxygen atoms in total. The number of carboxylic acids is 2. The largest absolute Gasteiger partial charge is 0.481 e. The number of hydrogen-bond donors (Lipinski definition) is 4. The summed E-state index contributed by atoms with van der Waals surface area (Å²) in [5.74, 6) is -0.912. The molecular formula is C27H61NO7. The number of allylic oxidation sites excluding steroid dienone is 1. The quantitative estimate of drug-likeness (QED) is 0.128. The number of unbranched alkanes of at least 4 members (excludes halogenated alkanes) is 6. The average molecular weight is 512 g/mol. The number of nitrogens with zero attached hydrogens (tertiary/aromatic N) is 1. The maximum atomic E-state index is 10.8. The van der Waals surface area contributed by atoms with Crippen molar-refractivity contribution in [1.29, 1.82) is 0 Å². The van der Waals surface area contributed by atoms with Crippen molar-refractivity contribution in [2.75, 3.05) is 21.3 Å². The minimum atomic E-state index is -0.745. The zero-order chi connectivity index (χ0) is 25.6. The van der Waals surface area contributed by atoms with Gasteiger partial charge in [0.15, 0.2) is 0 Å². The molecule has 0 rings (SSSR count). The first-order valence-corrected chi connectivity index (χ1v) is 11.5. The SMILES string of the molecule is C.C.C.CCC(=O)O.CCCCCCCCC(CCCC=CN(C)C=O)CCC(=O)O.CO.CO. The summed E-state index contributed by atoms with van der Waals surface area (Å²) in [6.07, 6.45) is 17.8. The normalized spacial score (nSPS) is 9.57. The summed E-state index contributed by atoms with van der Waals surface area (Å²) in [5, 5.41) is 30.6. The van der Waals surface area contributed by atoms with Crippen LogP contribution in [0.1, 0.15) is 120 Å². The summed E-state index contributed by atoms with van der Waals surface area (Å²) < 4.78 is 0. The van der Waals surface area contributed by atoms with Gasteiger partial charge in [0.25, 0.3) is 0 Å². The molecule has 0 bridgehead atoms. The van der Waals surface area contributed by atoms with Gasteiger partial charge in [-0.1, -0.05) is 93.6 Å². The van der Waals surface area contributed by atoms with E-state index in [2.05, 4.69) is 6.92 Å². The van der Waals surface area contributed by atoms with Crippen molar-refractivity contribution in [2.45, 2.75) is 120 Å². The second-order valence-electron chi connectivity index (χ2n) is 7.19. The number of amides is 1. The molecule has 0 radical (unpaired) electrons. The van der Waals surface area contributed by atoms with Crippen LogP contribution in [0.3, 0.4) is 0 Å². The lowest BCUT2D eigenvalue weighted by atomic mass is 9.91. The molecule has 0 aromatic rings. The van der Waals surface area contributed by atoms with Crippen LogP contribution in [-0.4, -0.2) is 64.9 Å². The van der Waals surface area contributed by atoms with Gasteiger partial charge >= 0.3 is 11.9 Å². The van der Waals surface area contributed by atoms with Gasteiger partial charge in [-0.15, -0.1) is 0 Å². The maximum absolute atomic E-state index is 10.8. The highest BCUT2D eigenvalue weighted by molar-refractivity contribution is 5.66. The Morgan fingerprint density at radius 1 is 0.771 bits per heavy atom. The van der Waals surface area contributed by atoms with Crippen LogP contribution in [0.15, 0.2) is 12.3 Å². The van der Waals surface area contributed by atoms with E-state index in [0.717, 1.165) is 52.7 Å². The number of aliphatic carboxylic acids is 2. The fourth-order valence-electron chi connectivity index (χ4n) is 2.77. The van der Waals surface area contributed by atoms with Crippen molar-refractivity contribution in [3.63, 3.8) is 0 Å². The molecule has 0 aliphatic heterocycles. The molecule has 0 heterocycles. The topological polar surface area (TPSA) is 135 Å². The van der Waals surface area contributed by atoms with Gasteiger partial charge in [-0.05, 0) is 25.2 Å². The Balaban J connectivity index is -0.000000114. The molecule has 0 aliphatic carbocycles. The molecule has 1 amide bonds. The lowest BCUT2D eigenvalue weighted by Gasteiger charge is -2.15. The van der Waals surface area contributed by atoms with E-state index in [1.165, 1.54) is 43.4 Å². The third-order valence-corrected chi connectivity index (χ3v) is 4.52. The van der Waals surface area contributed by atoms with Gasteiger partial charge in [0.2, 0.25) is 6.41 Å². The lowest BCUT2D eigenvalue weighted by molar-refractivity contribution is -0.138. The van der Waals surface area contributed by atoms with Crippen LogP contribution in [0, 0.1) is 5.92 Å². The van der Waals surface area contributed by atoms with Crippen LogP contribution >= 0.6 is 0 Å². The van der Waals surface area contributed by atoms with Crippen LogP contribution in [0.4, 0.5) is 0 Å². The van der Waals surface area contributed by atoms with Crippen LogP contribution in [0.2, 0.25) is 0 Å². The molecular weight excluding hydrogens is 450 g/mol. The fraction of sp³-hybridized carbons (Fsp3) is 0.815. The third-order valence-electron chi connectivity index (χ3n) is 4.52. The molecule has 35 heavy (non-hydrogen) atoms. The molecule has 0 fully saturated rings. The summed E-state index contributed by atoms with van der Waals surface area (Å²) in [6.45, 7) is 3.82. The number of carbonyl (C=O) groups excluding carboxylic acids is 1. The molecule has 1 atom stereocenters. The van der Waals surface area contributed by atoms with Gasteiger partial charge in [-0.3, -0.25) is 14.4 Å². The van der Waals surface area contributed by atoms with Crippen LogP contribution in [-0.2, 0) is 14.4 Å². The molecule has 8 heteroatoms. The summed E-state index contributed by atoms with van der Waals surface area (Å²) in [6, 6.07) is 0. The number of rotatable bonds is 17. The molecule has 0 saturated heterocycles. The molecule has 4 N–H and O–H groups in total. The smallest absolute Gasteiger partial charge is 0.303 e. The predicted octanol–water partition coefficient (Wildman–Crippen LogP) is 6.60. The number of carboxylic acid groups (broad SMARTS) is 2.